The smallest absolute Gasteiger partial charge is 0.170 e. The third-order valence-corrected chi connectivity index (χ3v) is 2.92. The van der Waals surface area contributed by atoms with Crippen LogP contribution in [0.25, 0.3) is 11.4 Å². The van der Waals surface area contributed by atoms with E-state index >= 15 is 0 Å². The number of H-pyrrole nitrogens is 1. The molecule has 1 aromatic heterocycles. The minimum absolute atomic E-state index is 0.119. The van der Waals surface area contributed by atoms with Gasteiger partial charge in [0.25, 0.3) is 0 Å². The first-order chi connectivity index (χ1) is 8.41. The fourth-order valence-corrected chi connectivity index (χ4v) is 1.89. The van der Waals surface area contributed by atoms with Gasteiger partial charge >= 0.3 is 0 Å². The van der Waals surface area contributed by atoms with E-state index in [1.54, 1.807) is 0 Å². The molecule has 0 aliphatic carbocycles. The highest BCUT2D eigenvalue weighted by atomic mass is 16.1. The summed E-state index contributed by atoms with van der Waals surface area (Å²) >= 11 is 0. The number of aromatic nitrogens is 2. The second-order valence-corrected chi connectivity index (χ2v) is 5.58. The Bertz CT molecular complexity index is 559. The second kappa shape index (κ2) is 4.41. The van der Waals surface area contributed by atoms with Crippen LogP contribution in [0.2, 0.25) is 0 Å². The molecule has 0 saturated carbocycles. The Labute approximate surface area is 107 Å². The van der Waals surface area contributed by atoms with Gasteiger partial charge in [0.1, 0.15) is 11.5 Å². The van der Waals surface area contributed by atoms with Crippen LogP contribution in [-0.2, 0) is 5.41 Å². The lowest BCUT2D eigenvalue weighted by Crippen LogP contribution is -2.14. The SMILES string of the molecule is Cc1ccc(-c2nc(C=O)c(C(C)(C)C)[nH]2)cc1. The maximum absolute atomic E-state index is 11.1. The van der Waals surface area contributed by atoms with Gasteiger partial charge in [-0.05, 0) is 6.92 Å². The fourth-order valence-electron chi connectivity index (χ4n) is 1.89. The molecule has 0 amide bonds. The lowest BCUT2D eigenvalue weighted by atomic mass is 9.91. The van der Waals surface area contributed by atoms with Gasteiger partial charge in [-0.15, -0.1) is 0 Å². The number of carbonyl (C=O) groups excluding carboxylic acids is 1. The number of imidazole rings is 1. The summed E-state index contributed by atoms with van der Waals surface area (Å²) in [6, 6.07) is 8.09. The number of hydrogen-bond donors (Lipinski definition) is 1. The van der Waals surface area contributed by atoms with Crippen molar-refractivity contribution in [2.75, 3.05) is 0 Å². The maximum Gasteiger partial charge on any atom is 0.170 e. The Kier molecular flexibility index (Phi) is 3.07. The molecule has 1 N–H and O–H groups in total. The standard InChI is InChI=1S/C15H18N2O/c1-10-5-7-11(8-6-10)14-16-12(9-18)13(17-14)15(2,3)4/h5-9H,1-4H3,(H,16,17). The quantitative estimate of drug-likeness (QED) is 0.819. The van der Waals surface area contributed by atoms with Crippen LogP contribution in [0.4, 0.5) is 0 Å². The molecule has 0 aliphatic rings. The van der Waals surface area contributed by atoms with Gasteiger partial charge in [0, 0.05) is 11.0 Å². The van der Waals surface area contributed by atoms with E-state index in [1.165, 1.54) is 5.56 Å². The van der Waals surface area contributed by atoms with E-state index < -0.39 is 0 Å². The maximum atomic E-state index is 11.1. The molecule has 2 rings (SSSR count). The van der Waals surface area contributed by atoms with Crippen molar-refractivity contribution in [1.82, 2.24) is 9.97 Å². The Balaban J connectivity index is 2.50. The highest BCUT2D eigenvalue weighted by molar-refractivity contribution is 5.76. The van der Waals surface area contributed by atoms with E-state index in [1.807, 2.05) is 31.2 Å². The first-order valence-electron chi connectivity index (χ1n) is 6.04. The monoisotopic (exact) mass is 242 g/mol. The van der Waals surface area contributed by atoms with Crippen LogP contribution in [0, 0.1) is 6.92 Å². The second-order valence-electron chi connectivity index (χ2n) is 5.58. The van der Waals surface area contributed by atoms with Gasteiger partial charge < -0.3 is 4.98 Å². The van der Waals surface area contributed by atoms with E-state index in [2.05, 4.69) is 30.7 Å². The summed E-state index contributed by atoms with van der Waals surface area (Å²) in [5.74, 6) is 0.752. The van der Waals surface area contributed by atoms with Gasteiger partial charge in [-0.3, -0.25) is 4.79 Å². The molecule has 1 aromatic carbocycles. The van der Waals surface area contributed by atoms with Crippen LogP contribution in [0.1, 0.15) is 42.5 Å². The van der Waals surface area contributed by atoms with Gasteiger partial charge in [0.15, 0.2) is 6.29 Å². The average Bonchev–Trinajstić information content (AvgIpc) is 2.73. The molecule has 0 aliphatic heterocycles. The Morgan fingerprint density at radius 3 is 2.22 bits per heavy atom. The van der Waals surface area contributed by atoms with Crippen molar-refractivity contribution in [3.05, 3.63) is 41.2 Å². The van der Waals surface area contributed by atoms with Crippen molar-refractivity contribution < 1.29 is 4.79 Å². The minimum atomic E-state index is -0.119. The predicted molar refractivity (Wildman–Crippen MR) is 72.8 cm³/mol. The summed E-state index contributed by atoms with van der Waals surface area (Å²) in [4.78, 5) is 18.7. The summed E-state index contributed by atoms with van der Waals surface area (Å²) in [6.07, 6.45) is 0.814. The minimum Gasteiger partial charge on any atom is -0.341 e. The molecule has 2 aromatic rings. The van der Waals surface area contributed by atoms with Gasteiger partial charge in [-0.1, -0.05) is 50.6 Å². The zero-order chi connectivity index (χ0) is 13.3. The first kappa shape index (κ1) is 12.6. The normalized spacial score (nSPS) is 11.6. The zero-order valence-corrected chi connectivity index (χ0v) is 11.2. The van der Waals surface area contributed by atoms with Crippen LogP contribution in [0.15, 0.2) is 24.3 Å². The third kappa shape index (κ3) is 2.35. The molecule has 3 nitrogen and oxygen atoms in total. The number of benzene rings is 1. The average molecular weight is 242 g/mol. The van der Waals surface area contributed by atoms with E-state index in [4.69, 9.17) is 0 Å². The van der Waals surface area contributed by atoms with Gasteiger partial charge in [-0.2, -0.15) is 0 Å². The van der Waals surface area contributed by atoms with E-state index in [9.17, 15) is 4.79 Å². The van der Waals surface area contributed by atoms with Crippen LogP contribution < -0.4 is 0 Å². The molecule has 0 bridgehead atoms. The number of nitrogens with zero attached hydrogens (tertiary/aromatic N) is 1. The lowest BCUT2D eigenvalue weighted by Gasteiger charge is -2.16. The van der Waals surface area contributed by atoms with Crippen LogP contribution in [-0.4, -0.2) is 16.3 Å². The zero-order valence-electron chi connectivity index (χ0n) is 11.2. The van der Waals surface area contributed by atoms with Gasteiger partial charge in [-0.25, -0.2) is 4.98 Å². The molecule has 0 unspecified atom stereocenters. The number of aryl methyl sites for hydroxylation is 1. The lowest BCUT2D eigenvalue weighted by molar-refractivity contribution is 0.111. The fraction of sp³-hybridized carbons (Fsp3) is 0.333. The van der Waals surface area contributed by atoms with Gasteiger partial charge in [0.05, 0.1) is 5.69 Å². The molecule has 0 atom stereocenters. The highest BCUT2D eigenvalue weighted by Gasteiger charge is 2.22. The summed E-state index contributed by atoms with van der Waals surface area (Å²) in [6.45, 7) is 8.23. The molecular formula is C15H18N2O. The van der Waals surface area contributed by atoms with Crippen molar-refractivity contribution >= 4 is 6.29 Å². The number of aromatic amines is 1. The Hall–Kier alpha value is -1.90. The molecule has 0 saturated heterocycles. The molecule has 18 heavy (non-hydrogen) atoms. The summed E-state index contributed by atoms with van der Waals surface area (Å²) in [7, 11) is 0. The summed E-state index contributed by atoms with van der Waals surface area (Å²) in [5, 5.41) is 0. The van der Waals surface area contributed by atoms with E-state index in [-0.39, 0.29) is 5.41 Å². The van der Waals surface area contributed by atoms with Crippen molar-refractivity contribution in [3.63, 3.8) is 0 Å². The largest absolute Gasteiger partial charge is 0.341 e. The van der Waals surface area contributed by atoms with Crippen LogP contribution in [0.3, 0.4) is 0 Å². The molecule has 94 valence electrons. The van der Waals surface area contributed by atoms with E-state index in [0.717, 1.165) is 23.4 Å². The molecular weight excluding hydrogens is 224 g/mol. The molecule has 3 heteroatoms. The van der Waals surface area contributed by atoms with Crippen molar-refractivity contribution in [3.8, 4) is 11.4 Å². The molecule has 0 fully saturated rings. The number of hydrogen-bond acceptors (Lipinski definition) is 2. The van der Waals surface area contributed by atoms with Crippen LogP contribution in [0.5, 0.6) is 0 Å². The summed E-state index contributed by atoms with van der Waals surface area (Å²) in [5.41, 5.74) is 3.47. The molecule has 0 spiro atoms. The number of aldehydes is 1. The first-order valence-corrected chi connectivity index (χ1v) is 6.04. The number of rotatable bonds is 2. The van der Waals surface area contributed by atoms with E-state index in [0.29, 0.717) is 5.69 Å². The highest BCUT2D eigenvalue weighted by Crippen LogP contribution is 2.26. The molecule has 1 heterocycles. The number of carbonyl (C=O) groups is 1. The van der Waals surface area contributed by atoms with Crippen molar-refractivity contribution in [2.24, 2.45) is 0 Å². The Morgan fingerprint density at radius 2 is 1.78 bits per heavy atom. The predicted octanol–water partition coefficient (Wildman–Crippen LogP) is 3.50. The van der Waals surface area contributed by atoms with Crippen molar-refractivity contribution in [1.29, 1.82) is 0 Å². The van der Waals surface area contributed by atoms with Crippen molar-refractivity contribution in [2.45, 2.75) is 33.1 Å². The Morgan fingerprint density at radius 1 is 1.17 bits per heavy atom. The van der Waals surface area contributed by atoms with Gasteiger partial charge in [0.2, 0.25) is 0 Å². The topological polar surface area (TPSA) is 45.8 Å². The summed E-state index contributed by atoms with van der Waals surface area (Å²) < 4.78 is 0. The van der Waals surface area contributed by atoms with Crippen LogP contribution >= 0.6 is 0 Å². The third-order valence-electron chi connectivity index (χ3n) is 2.92. The molecule has 0 radical (unpaired) electrons. The number of nitrogens with one attached hydrogen (secondary N) is 1.